The van der Waals surface area contributed by atoms with E-state index in [1.54, 1.807) is 4.40 Å². The van der Waals surface area contributed by atoms with E-state index in [2.05, 4.69) is 4.98 Å². The smallest absolute Gasteiger partial charge is 0.354 e. The fourth-order valence-corrected chi connectivity index (χ4v) is 3.65. The summed E-state index contributed by atoms with van der Waals surface area (Å²) in [6.07, 6.45) is 7.67. The summed E-state index contributed by atoms with van der Waals surface area (Å²) in [6.45, 7) is 4.65. The van der Waals surface area contributed by atoms with Gasteiger partial charge in [0.15, 0.2) is 17.1 Å². The molecule has 0 amide bonds. The number of imidazole rings is 1. The van der Waals surface area contributed by atoms with Gasteiger partial charge in [0.05, 0.1) is 12.3 Å². The van der Waals surface area contributed by atoms with Crippen molar-refractivity contribution in [2.45, 2.75) is 58.8 Å². The van der Waals surface area contributed by atoms with Gasteiger partial charge in [0.2, 0.25) is 0 Å². The first-order chi connectivity index (χ1) is 11.7. The van der Waals surface area contributed by atoms with Gasteiger partial charge < -0.3 is 9.84 Å². The lowest BCUT2D eigenvalue weighted by molar-refractivity contribution is 0.0687. The molecule has 0 aromatic carbocycles. The first kappa shape index (κ1) is 16.8. The molecular formula is C19H26N2O3. The number of aromatic carboxylic acids is 1. The quantitative estimate of drug-likeness (QED) is 0.865. The third-order valence-electron chi connectivity index (χ3n) is 4.98. The fourth-order valence-electron chi connectivity index (χ4n) is 3.65. The van der Waals surface area contributed by atoms with Crippen molar-refractivity contribution in [2.24, 2.45) is 5.92 Å². The Kier molecular flexibility index (Phi) is 5.07. The molecular weight excluding hydrogens is 304 g/mol. The molecule has 1 aliphatic rings. The van der Waals surface area contributed by atoms with E-state index in [0.29, 0.717) is 36.0 Å². The van der Waals surface area contributed by atoms with Crippen LogP contribution in [0.1, 0.15) is 67.8 Å². The zero-order valence-corrected chi connectivity index (χ0v) is 14.5. The summed E-state index contributed by atoms with van der Waals surface area (Å²) in [7, 11) is 0. The highest BCUT2D eigenvalue weighted by atomic mass is 16.5. The van der Waals surface area contributed by atoms with Crippen molar-refractivity contribution in [3.8, 4) is 5.75 Å². The van der Waals surface area contributed by atoms with Crippen molar-refractivity contribution in [3.63, 3.8) is 0 Å². The second-order valence-corrected chi connectivity index (χ2v) is 6.58. The minimum Gasteiger partial charge on any atom is -0.489 e. The maximum atomic E-state index is 11.7. The van der Waals surface area contributed by atoms with Gasteiger partial charge in [0, 0.05) is 5.69 Å². The highest BCUT2D eigenvalue weighted by Crippen LogP contribution is 2.28. The van der Waals surface area contributed by atoms with Gasteiger partial charge in [-0.2, -0.15) is 0 Å². The van der Waals surface area contributed by atoms with E-state index in [0.717, 1.165) is 12.1 Å². The number of aromatic nitrogens is 2. The van der Waals surface area contributed by atoms with Gasteiger partial charge in [-0.15, -0.1) is 0 Å². The Morgan fingerprint density at radius 3 is 2.62 bits per heavy atom. The highest BCUT2D eigenvalue weighted by molar-refractivity contribution is 5.89. The summed E-state index contributed by atoms with van der Waals surface area (Å²) >= 11 is 0. The van der Waals surface area contributed by atoms with Crippen molar-refractivity contribution < 1.29 is 14.6 Å². The van der Waals surface area contributed by atoms with E-state index in [4.69, 9.17) is 4.74 Å². The van der Waals surface area contributed by atoms with Crippen molar-refractivity contribution in [1.29, 1.82) is 0 Å². The van der Waals surface area contributed by atoms with Crippen LogP contribution in [-0.4, -0.2) is 27.1 Å². The van der Waals surface area contributed by atoms with Crippen molar-refractivity contribution in [3.05, 3.63) is 29.2 Å². The van der Waals surface area contributed by atoms with Crippen LogP contribution in [0.4, 0.5) is 0 Å². The lowest BCUT2D eigenvalue weighted by atomic mass is 9.90. The number of carboxylic acids is 1. The Balaban J connectivity index is 1.98. The van der Waals surface area contributed by atoms with Gasteiger partial charge >= 0.3 is 5.97 Å². The van der Waals surface area contributed by atoms with Gasteiger partial charge in [-0.25, -0.2) is 9.78 Å². The van der Waals surface area contributed by atoms with Crippen molar-refractivity contribution >= 4 is 11.6 Å². The number of rotatable bonds is 6. The number of fused-ring (bicyclic) bond motifs is 1. The van der Waals surface area contributed by atoms with E-state index < -0.39 is 5.97 Å². The van der Waals surface area contributed by atoms with E-state index in [1.807, 2.05) is 26.0 Å². The fraction of sp³-hybridized carbons (Fsp3) is 0.579. The predicted molar refractivity (Wildman–Crippen MR) is 93.0 cm³/mol. The molecule has 0 unspecified atom stereocenters. The number of nitrogens with zero attached hydrogens (tertiary/aromatic N) is 2. The molecule has 5 nitrogen and oxygen atoms in total. The maximum Gasteiger partial charge on any atom is 0.354 e. The summed E-state index contributed by atoms with van der Waals surface area (Å²) in [6, 6.07) is 3.89. The molecule has 0 aliphatic heterocycles. The molecule has 1 aliphatic carbocycles. The molecule has 24 heavy (non-hydrogen) atoms. The first-order valence-corrected chi connectivity index (χ1v) is 9.05. The third-order valence-corrected chi connectivity index (χ3v) is 4.98. The maximum absolute atomic E-state index is 11.7. The topological polar surface area (TPSA) is 63.8 Å². The Morgan fingerprint density at radius 2 is 2.00 bits per heavy atom. The third kappa shape index (κ3) is 3.12. The Hall–Kier alpha value is -2.04. The standard InChI is InChI=1S/C19H26N2O3/c1-3-14-10-11-16(24-12-13-8-6-5-7-9-13)18-20-15(4-2)17(19(22)23)21(14)18/h10-11,13H,3-9,12H2,1-2H3,(H,22,23). The van der Waals surface area contributed by atoms with E-state index in [1.165, 1.54) is 32.1 Å². The first-order valence-electron chi connectivity index (χ1n) is 9.05. The highest BCUT2D eigenvalue weighted by Gasteiger charge is 2.22. The molecule has 130 valence electrons. The van der Waals surface area contributed by atoms with Gasteiger partial charge in [0.25, 0.3) is 0 Å². The molecule has 0 bridgehead atoms. The Bertz CT molecular complexity index is 730. The predicted octanol–water partition coefficient (Wildman–Crippen LogP) is 4.12. The number of ether oxygens (including phenoxy) is 1. The number of aryl methyl sites for hydroxylation is 2. The van der Waals surface area contributed by atoms with Crippen LogP contribution >= 0.6 is 0 Å². The molecule has 5 heteroatoms. The number of hydrogen-bond acceptors (Lipinski definition) is 3. The molecule has 1 fully saturated rings. The zero-order chi connectivity index (χ0) is 17.1. The van der Waals surface area contributed by atoms with Gasteiger partial charge in [-0.3, -0.25) is 4.40 Å². The van der Waals surface area contributed by atoms with Crippen LogP contribution in [-0.2, 0) is 12.8 Å². The summed E-state index contributed by atoms with van der Waals surface area (Å²) in [5.41, 5.74) is 2.47. The average Bonchev–Trinajstić information content (AvgIpc) is 3.00. The number of carbonyl (C=O) groups is 1. The monoisotopic (exact) mass is 330 g/mol. The average molecular weight is 330 g/mol. The molecule has 2 heterocycles. The Morgan fingerprint density at radius 1 is 1.25 bits per heavy atom. The SMILES string of the molecule is CCc1nc2c(OCC3CCCCC3)ccc(CC)n2c1C(=O)O. The molecule has 0 radical (unpaired) electrons. The molecule has 2 aromatic rings. The van der Waals surface area contributed by atoms with E-state index in [-0.39, 0.29) is 5.69 Å². The number of carboxylic acid groups (broad SMARTS) is 1. The van der Waals surface area contributed by atoms with E-state index >= 15 is 0 Å². The summed E-state index contributed by atoms with van der Waals surface area (Å²) in [5, 5.41) is 9.63. The normalized spacial score (nSPS) is 15.8. The second kappa shape index (κ2) is 7.24. The lowest BCUT2D eigenvalue weighted by Gasteiger charge is -2.22. The molecule has 1 saturated carbocycles. The molecule has 2 aromatic heterocycles. The minimum atomic E-state index is -0.932. The van der Waals surface area contributed by atoms with Crippen molar-refractivity contribution in [1.82, 2.24) is 9.38 Å². The van der Waals surface area contributed by atoms with Gasteiger partial charge in [-0.05, 0) is 43.7 Å². The second-order valence-electron chi connectivity index (χ2n) is 6.58. The van der Waals surface area contributed by atoms with Crippen LogP contribution < -0.4 is 4.74 Å². The van der Waals surface area contributed by atoms with Crippen LogP contribution in [0.5, 0.6) is 5.75 Å². The van der Waals surface area contributed by atoms with Crippen LogP contribution in [0.3, 0.4) is 0 Å². The van der Waals surface area contributed by atoms with E-state index in [9.17, 15) is 9.90 Å². The summed E-state index contributed by atoms with van der Waals surface area (Å²) in [5.74, 6) is 0.364. The van der Waals surface area contributed by atoms with Crippen LogP contribution in [0.2, 0.25) is 0 Å². The van der Waals surface area contributed by atoms with Gasteiger partial charge in [-0.1, -0.05) is 33.1 Å². The van der Waals surface area contributed by atoms with Crippen LogP contribution in [0, 0.1) is 5.92 Å². The van der Waals surface area contributed by atoms with Crippen LogP contribution in [0.25, 0.3) is 5.65 Å². The minimum absolute atomic E-state index is 0.271. The number of hydrogen-bond donors (Lipinski definition) is 1. The summed E-state index contributed by atoms with van der Waals surface area (Å²) in [4.78, 5) is 16.3. The largest absolute Gasteiger partial charge is 0.489 e. The van der Waals surface area contributed by atoms with Gasteiger partial charge in [0.1, 0.15) is 0 Å². The summed E-state index contributed by atoms with van der Waals surface area (Å²) < 4.78 is 7.84. The zero-order valence-electron chi connectivity index (χ0n) is 14.5. The van der Waals surface area contributed by atoms with Crippen LogP contribution in [0.15, 0.2) is 12.1 Å². The number of pyridine rings is 1. The molecule has 0 spiro atoms. The lowest BCUT2D eigenvalue weighted by Crippen LogP contribution is -2.16. The molecule has 3 rings (SSSR count). The molecule has 0 atom stereocenters. The molecule has 0 saturated heterocycles. The Labute approximate surface area is 142 Å². The van der Waals surface area contributed by atoms with Crippen molar-refractivity contribution in [2.75, 3.05) is 6.61 Å². The molecule has 1 N–H and O–H groups in total.